The molecule has 2 amide bonds. The number of hydrogen-bond acceptors (Lipinski definition) is 9. The van der Waals surface area contributed by atoms with Crippen molar-refractivity contribution in [1.82, 2.24) is 5.32 Å². The average molecular weight is 546 g/mol. The highest BCUT2D eigenvalue weighted by molar-refractivity contribution is 6.25. The molecule has 2 aliphatic heterocycles. The maximum absolute atomic E-state index is 14.2. The number of nitrogens with zero attached hydrogens (tertiary/aromatic N) is 2. The summed E-state index contributed by atoms with van der Waals surface area (Å²) in [5, 5.41) is 14.7. The molecule has 0 unspecified atom stereocenters. The SMILES string of the molecule is COC(=O)[C@]1(Cc2ccccc2)N[C@H](c2ccc(OC)cc2)[C@H]2C(=O)N(c3ccc([N+](=O)[O-])cc3OC)C(=O)[C@H]21. The van der Waals surface area contributed by atoms with E-state index in [2.05, 4.69) is 5.32 Å². The number of methoxy groups -OCH3 is 3. The minimum Gasteiger partial charge on any atom is -0.497 e. The zero-order chi connectivity index (χ0) is 28.6. The van der Waals surface area contributed by atoms with Gasteiger partial charge in [-0.15, -0.1) is 0 Å². The molecular weight excluding hydrogens is 518 g/mol. The van der Waals surface area contributed by atoms with Crippen LogP contribution < -0.4 is 19.7 Å². The van der Waals surface area contributed by atoms with Crippen molar-refractivity contribution in [2.45, 2.75) is 18.0 Å². The van der Waals surface area contributed by atoms with Crippen molar-refractivity contribution in [3.63, 3.8) is 0 Å². The summed E-state index contributed by atoms with van der Waals surface area (Å²) in [5.41, 5.74) is -0.342. The number of hydrogen-bond donors (Lipinski definition) is 1. The predicted molar refractivity (Wildman–Crippen MR) is 143 cm³/mol. The number of esters is 1. The van der Waals surface area contributed by atoms with Gasteiger partial charge in [0.2, 0.25) is 11.8 Å². The van der Waals surface area contributed by atoms with Crippen LogP contribution in [0.5, 0.6) is 11.5 Å². The van der Waals surface area contributed by atoms with Gasteiger partial charge >= 0.3 is 5.97 Å². The van der Waals surface area contributed by atoms with E-state index >= 15 is 0 Å². The van der Waals surface area contributed by atoms with Crippen molar-refractivity contribution < 1.29 is 33.5 Å². The van der Waals surface area contributed by atoms with Gasteiger partial charge in [-0.05, 0) is 29.3 Å². The van der Waals surface area contributed by atoms with Crippen LogP contribution in [-0.4, -0.2) is 49.6 Å². The Labute approximate surface area is 229 Å². The van der Waals surface area contributed by atoms with E-state index in [-0.39, 0.29) is 23.5 Å². The van der Waals surface area contributed by atoms with Gasteiger partial charge in [-0.25, -0.2) is 4.90 Å². The molecule has 0 aliphatic carbocycles. The van der Waals surface area contributed by atoms with E-state index in [4.69, 9.17) is 14.2 Å². The second-order valence-electron chi connectivity index (χ2n) is 9.65. The van der Waals surface area contributed by atoms with Gasteiger partial charge in [-0.3, -0.25) is 29.8 Å². The minimum absolute atomic E-state index is 0.0171. The van der Waals surface area contributed by atoms with Crippen molar-refractivity contribution in [1.29, 1.82) is 0 Å². The molecule has 1 N–H and O–H groups in total. The number of ether oxygens (including phenoxy) is 3. The number of imide groups is 1. The van der Waals surface area contributed by atoms with Crippen LogP contribution in [-0.2, 0) is 25.5 Å². The number of benzene rings is 3. The highest BCUT2D eigenvalue weighted by Gasteiger charge is 2.69. The smallest absolute Gasteiger partial charge is 0.327 e. The fraction of sp³-hybridized carbons (Fsp3) is 0.276. The topological polar surface area (TPSA) is 137 Å². The third kappa shape index (κ3) is 4.24. The lowest BCUT2D eigenvalue weighted by atomic mass is 9.76. The van der Waals surface area contributed by atoms with Crippen LogP contribution in [0.2, 0.25) is 0 Å². The zero-order valence-electron chi connectivity index (χ0n) is 22.0. The lowest BCUT2D eigenvalue weighted by Crippen LogP contribution is -2.57. The van der Waals surface area contributed by atoms with Crippen molar-refractivity contribution in [3.8, 4) is 11.5 Å². The first-order chi connectivity index (χ1) is 19.2. The fourth-order valence-electron chi connectivity index (χ4n) is 5.83. The molecule has 11 nitrogen and oxygen atoms in total. The third-order valence-electron chi connectivity index (χ3n) is 7.62. The van der Waals surface area contributed by atoms with Crippen molar-refractivity contribution in [2.75, 3.05) is 26.2 Å². The molecule has 2 aliphatic rings. The highest BCUT2D eigenvalue weighted by atomic mass is 16.6. The summed E-state index contributed by atoms with van der Waals surface area (Å²) in [6, 6.07) is 19.1. The van der Waals surface area contributed by atoms with E-state index in [1.165, 1.54) is 33.5 Å². The van der Waals surface area contributed by atoms with E-state index in [1.54, 1.807) is 24.3 Å². The van der Waals surface area contributed by atoms with E-state index in [1.807, 2.05) is 30.3 Å². The second kappa shape index (κ2) is 10.4. The summed E-state index contributed by atoms with van der Waals surface area (Å²) in [6.07, 6.45) is 0.0819. The number of anilines is 1. The molecule has 0 bridgehead atoms. The van der Waals surface area contributed by atoms with Crippen molar-refractivity contribution in [3.05, 3.63) is 94.0 Å². The molecule has 2 heterocycles. The van der Waals surface area contributed by atoms with Crippen LogP contribution in [0, 0.1) is 22.0 Å². The maximum atomic E-state index is 14.2. The normalized spacial score (nSPS) is 23.6. The van der Waals surface area contributed by atoms with Crippen LogP contribution in [0.1, 0.15) is 17.2 Å². The molecule has 0 spiro atoms. The number of fused-ring (bicyclic) bond motifs is 1. The second-order valence-corrected chi connectivity index (χ2v) is 9.65. The average Bonchev–Trinajstić information content (AvgIpc) is 3.45. The van der Waals surface area contributed by atoms with Crippen LogP contribution in [0.4, 0.5) is 11.4 Å². The van der Waals surface area contributed by atoms with Gasteiger partial charge in [0, 0.05) is 18.5 Å². The molecule has 0 aromatic heterocycles. The van der Waals surface area contributed by atoms with Gasteiger partial charge in [0.25, 0.3) is 5.69 Å². The zero-order valence-corrected chi connectivity index (χ0v) is 22.0. The van der Waals surface area contributed by atoms with Crippen LogP contribution in [0.3, 0.4) is 0 Å². The highest BCUT2D eigenvalue weighted by Crippen LogP contribution is 2.52. The lowest BCUT2D eigenvalue weighted by molar-refractivity contribution is -0.384. The summed E-state index contributed by atoms with van der Waals surface area (Å²) < 4.78 is 15.9. The van der Waals surface area contributed by atoms with Gasteiger partial charge < -0.3 is 14.2 Å². The van der Waals surface area contributed by atoms with Gasteiger partial charge in [-0.1, -0.05) is 42.5 Å². The molecule has 5 rings (SSSR count). The van der Waals surface area contributed by atoms with Gasteiger partial charge in [0.05, 0.1) is 49.8 Å². The minimum atomic E-state index is -1.58. The maximum Gasteiger partial charge on any atom is 0.327 e. The number of nitro groups is 1. The number of rotatable bonds is 8. The quantitative estimate of drug-likeness (QED) is 0.196. The van der Waals surface area contributed by atoms with Gasteiger partial charge in [0.15, 0.2) is 0 Å². The van der Waals surface area contributed by atoms with Crippen LogP contribution >= 0.6 is 0 Å². The fourth-order valence-corrected chi connectivity index (χ4v) is 5.83. The Balaban J connectivity index is 1.67. The molecule has 2 fully saturated rings. The molecule has 11 heteroatoms. The van der Waals surface area contributed by atoms with Gasteiger partial charge in [-0.2, -0.15) is 0 Å². The Hall–Kier alpha value is -4.77. The first-order valence-electron chi connectivity index (χ1n) is 12.5. The van der Waals surface area contributed by atoms with Crippen molar-refractivity contribution in [2.24, 2.45) is 11.8 Å². The summed E-state index contributed by atoms with van der Waals surface area (Å²) in [6.45, 7) is 0. The monoisotopic (exact) mass is 545 g/mol. The largest absolute Gasteiger partial charge is 0.497 e. The summed E-state index contributed by atoms with van der Waals surface area (Å²) in [4.78, 5) is 53.7. The van der Waals surface area contributed by atoms with Crippen LogP contribution in [0.15, 0.2) is 72.8 Å². The van der Waals surface area contributed by atoms with Crippen LogP contribution in [0.25, 0.3) is 0 Å². The van der Waals surface area contributed by atoms with Gasteiger partial charge in [0.1, 0.15) is 17.0 Å². The number of nitrogens with one attached hydrogen (secondary N) is 1. The molecule has 40 heavy (non-hydrogen) atoms. The molecule has 2 saturated heterocycles. The number of carbonyl (C=O) groups excluding carboxylic acids is 3. The number of carbonyl (C=O) groups is 3. The number of amides is 2. The molecule has 4 atom stereocenters. The number of nitro benzene ring substituents is 1. The van der Waals surface area contributed by atoms with Crippen molar-refractivity contribution >= 4 is 29.2 Å². The molecule has 0 radical (unpaired) electrons. The first-order valence-corrected chi connectivity index (χ1v) is 12.5. The standard InChI is InChI=1S/C29H27N3O8/c1-38-20-12-9-18(10-13-20)25-23-24(29(30-25,28(35)40-3)16-17-7-5-4-6-8-17)27(34)31(26(23)33)21-14-11-19(32(36)37)15-22(21)39-2/h4-15,23-25,30H,16H2,1-3H3/t23-,24-,25+,29+/m0/s1. The Kier molecular flexibility index (Phi) is 6.99. The molecule has 206 valence electrons. The molecule has 3 aromatic carbocycles. The summed E-state index contributed by atoms with van der Waals surface area (Å²) >= 11 is 0. The van der Waals surface area contributed by atoms with E-state index in [0.717, 1.165) is 16.5 Å². The summed E-state index contributed by atoms with van der Waals surface area (Å²) in [5.74, 6) is -3.41. The Morgan fingerprint density at radius 2 is 1.68 bits per heavy atom. The van der Waals surface area contributed by atoms with E-state index < -0.39 is 46.1 Å². The third-order valence-corrected chi connectivity index (χ3v) is 7.62. The Bertz CT molecular complexity index is 1480. The number of non-ortho nitro benzene ring substituents is 1. The summed E-state index contributed by atoms with van der Waals surface area (Å²) in [7, 11) is 4.07. The molecule has 0 saturated carbocycles. The molecule has 3 aromatic rings. The first kappa shape index (κ1) is 26.8. The Morgan fingerprint density at radius 1 is 0.975 bits per heavy atom. The predicted octanol–water partition coefficient (Wildman–Crippen LogP) is 3.22. The van der Waals surface area contributed by atoms with E-state index in [0.29, 0.717) is 11.3 Å². The lowest BCUT2D eigenvalue weighted by Gasteiger charge is -2.33. The van der Waals surface area contributed by atoms with E-state index in [9.17, 15) is 24.5 Å². The Morgan fingerprint density at radius 3 is 2.27 bits per heavy atom. The molecular formula is C29H27N3O8.